The van der Waals surface area contributed by atoms with E-state index in [4.69, 9.17) is 9.47 Å². The number of nitrogens with one attached hydrogen (secondary N) is 2. The molecule has 10 nitrogen and oxygen atoms in total. The van der Waals surface area contributed by atoms with Gasteiger partial charge in [0.15, 0.2) is 11.0 Å². The van der Waals surface area contributed by atoms with Crippen LogP contribution in [0.15, 0.2) is 53.7 Å². The molecule has 3 aromatic rings. The van der Waals surface area contributed by atoms with Crippen LogP contribution in [0.1, 0.15) is 53.4 Å². The van der Waals surface area contributed by atoms with Gasteiger partial charge in [-0.05, 0) is 69.3 Å². The Hall–Kier alpha value is -3.86. The summed E-state index contributed by atoms with van der Waals surface area (Å²) in [6.45, 7) is 6.39. The van der Waals surface area contributed by atoms with Crippen molar-refractivity contribution in [2.24, 2.45) is 0 Å². The highest BCUT2D eigenvalue weighted by atomic mass is 32.2. The van der Waals surface area contributed by atoms with Gasteiger partial charge < -0.3 is 24.7 Å². The molecule has 1 heterocycles. The van der Waals surface area contributed by atoms with E-state index in [1.54, 1.807) is 62.6 Å². The molecular formula is C25H29N5O5S. The molecule has 0 saturated carbocycles. The number of carbonyl (C=O) groups excluding carboxylic acids is 3. The Labute approximate surface area is 213 Å². The molecule has 0 radical (unpaired) electrons. The van der Waals surface area contributed by atoms with Crippen molar-refractivity contribution >= 4 is 35.2 Å². The molecule has 11 heteroatoms. The van der Waals surface area contributed by atoms with E-state index in [9.17, 15) is 14.4 Å². The lowest BCUT2D eigenvalue weighted by molar-refractivity contribution is -0.113. The lowest BCUT2D eigenvalue weighted by Gasteiger charge is -2.15. The Morgan fingerprint density at radius 1 is 1.00 bits per heavy atom. The predicted octanol–water partition coefficient (Wildman–Crippen LogP) is 3.71. The molecule has 0 unspecified atom stereocenters. The summed E-state index contributed by atoms with van der Waals surface area (Å²) in [6, 6.07) is 12.9. The number of anilines is 1. The van der Waals surface area contributed by atoms with Crippen LogP contribution >= 0.6 is 11.8 Å². The quantitative estimate of drug-likeness (QED) is 0.295. The molecule has 0 aliphatic carbocycles. The van der Waals surface area contributed by atoms with E-state index in [-0.39, 0.29) is 17.6 Å². The minimum absolute atomic E-state index is 0.115. The summed E-state index contributed by atoms with van der Waals surface area (Å²) in [5, 5.41) is 14.8. The van der Waals surface area contributed by atoms with Gasteiger partial charge in [-0.2, -0.15) is 0 Å². The zero-order valence-electron chi connectivity index (χ0n) is 20.6. The summed E-state index contributed by atoms with van der Waals surface area (Å²) < 4.78 is 11.9. The number of carbonyl (C=O) groups is 3. The van der Waals surface area contributed by atoms with E-state index >= 15 is 0 Å². The fourth-order valence-electron chi connectivity index (χ4n) is 3.34. The van der Waals surface area contributed by atoms with Crippen LogP contribution in [0.2, 0.25) is 0 Å². The van der Waals surface area contributed by atoms with Crippen molar-refractivity contribution in [2.75, 3.05) is 24.8 Å². The molecule has 0 saturated heterocycles. The number of rotatable bonds is 11. The van der Waals surface area contributed by atoms with Crippen molar-refractivity contribution in [3.63, 3.8) is 0 Å². The second-order valence-electron chi connectivity index (χ2n) is 7.64. The van der Waals surface area contributed by atoms with E-state index in [1.807, 2.05) is 18.4 Å². The predicted molar refractivity (Wildman–Crippen MR) is 136 cm³/mol. The highest BCUT2D eigenvalue weighted by Crippen LogP contribution is 2.22. The minimum atomic E-state index is -0.407. The average molecular weight is 512 g/mol. The average Bonchev–Trinajstić information content (AvgIpc) is 3.31. The molecule has 3 rings (SSSR count). The minimum Gasteiger partial charge on any atom is -0.497 e. The van der Waals surface area contributed by atoms with Crippen LogP contribution in [0.25, 0.3) is 0 Å². The number of methoxy groups -OCH3 is 1. The lowest BCUT2D eigenvalue weighted by Crippen LogP contribution is -2.28. The first kappa shape index (κ1) is 26.7. The van der Waals surface area contributed by atoms with Crippen molar-refractivity contribution in [2.45, 2.75) is 38.5 Å². The largest absolute Gasteiger partial charge is 0.497 e. The van der Waals surface area contributed by atoms with Crippen LogP contribution in [0, 0.1) is 0 Å². The third kappa shape index (κ3) is 6.85. The number of aromatic nitrogens is 3. The van der Waals surface area contributed by atoms with E-state index in [0.717, 1.165) is 0 Å². The molecule has 1 aromatic heterocycles. The van der Waals surface area contributed by atoms with E-state index in [2.05, 4.69) is 20.8 Å². The topological polar surface area (TPSA) is 124 Å². The van der Waals surface area contributed by atoms with Gasteiger partial charge in [-0.15, -0.1) is 10.2 Å². The van der Waals surface area contributed by atoms with Gasteiger partial charge in [-0.25, -0.2) is 4.79 Å². The molecule has 0 spiro atoms. The number of hydrogen-bond acceptors (Lipinski definition) is 8. The van der Waals surface area contributed by atoms with Crippen molar-refractivity contribution < 1.29 is 23.9 Å². The third-order valence-corrected chi connectivity index (χ3v) is 6.13. The summed E-state index contributed by atoms with van der Waals surface area (Å²) in [6.07, 6.45) is 0. The normalized spacial score (nSPS) is 11.4. The molecule has 190 valence electrons. The zero-order chi connectivity index (χ0) is 26.1. The Balaban J connectivity index is 1.57. The number of hydrogen-bond donors (Lipinski definition) is 2. The van der Waals surface area contributed by atoms with Crippen LogP contribution in [-0.4, -0.2) is 52.0 Å². The van der Waals surface area contributed by atoms with E-state index in [0.29, 0.717) is 46.7 Å². The van der Waals surface area contributed by atoms with Crippen molar-refractivity contribution in [1.29, 1.82) is 0 Å². The number of nitrogens with zero attached hydrogens (tertiary/aromatic N) is 3. The summed E-state index contributed by atoms with van der Waals surface area (Å²) in [5.41, 5.74) is 1.49. The molecule has 1 atom stereocenters. The van der Waals surface area contributed by atoms with Crippen molar-refractivity contribution in [1.82, 2.24) is 20.1 Å². The molecule has 2 amide bonds. The lowest BCUT2D eigenvalue weighted by atomic mass is 10.2. The molecular weight excluding hydrogens is 482 g/mol. The molecule has 2 N–H and O–H groups in total. The van der Waals surface area contributed by atoms with Gasteiger partial charge in [-0.1, -0.05) is 11.8 Å². The van der Waals surface area contributed by atoms with E-state index < -0.39 is 12.0 Å². The number of esters is 1. The molecule has 36 heavy (non-hydrogen) atoms. The number of benzene rings is 2. The molecule has 0 aliphatic rings. The highest BCUT2D eigenvalue weighted by Gasteiger charge is 2.20. The number of amides is 2. The number of thioether (sulfide) groups is 1. The fourth-order valence-corrected chi connectivity index (χ4v) is 4.15. The van der Waals surface area contributed by atoms with Crippen LogP contribution in [0.5, 0.6) is 5.75 Å². The van der Waals surface area contributed by atoms with Gasteiger partial charge in [0, 0.05) is 17.8 Å². The SMILES string of the molecule is CCOC(=O)c1ccc(NC(=O)CSc2nnc([C@H](C)NC(=O)c3ccc(OC)cc3)n2CC)cc1. The van der Waals surface area contributed by atoms with Gasteiger partial charge >= 0.3 is 5.97 Å². The van der Waals surface area contributed by atoms with Gasteiger partial charge in [0.1, 0.15) is 5.75 Å². The van der Waals surface area contributed by atoms with Crippen LogP contribution < -0.4 is 15.4 Å². The summed E-state index contributed by atoms with van der Waals surface area (Å²) in [7, 11) is 1.57. The van der Waals surface area contributed by atoms with Crippen molar-refractivity contribution in [3.8, 4) is 5.75 Å². The monoisotopic (exact) mass is 511 g/mol. The Bertz CT molecular complexity index is 1190. The third-order valence-electron chi connectivity index (χ3n) is 5.16. The highest BCUT2D eigenvalue weighted by molar-refractivity contribution is 7.99. The van der Waals surface area contributed by atoms with Gasteiger partial charge in [0.25, 0.3) is 5.91 Å². The summed E-state index contributed by atoms with van der Waals surface area (Å²) in [4.78, 5) is 36.8. The maximum Gasteiger partial charge on any atom is 0.338 e. The van der Waals surface area contributed by atoms with Crippen LogP contribution in [0.3, 0.4) is 0 Å². The second kappa shape index (κ2) is 12.7. The summed E-state index contributed by atoms with van der Waals surface area (Å²) in [5.74, 6) is 0.511. The Morgan fingerprint density at radius 3 is 2.28 bits per heavy atom. The summed E-state index contributed by atoms with van der Waals surface area (Å²) >= 11 is 1.25. The zero-order valence-corrected chi connectivity index (χ0v) is 21.4. The molecule has 0 aliphatic heterocycles. The van der Waals surface area contributed by atoms with Crippen LogP contribution in [0.4, 0.5) is 5.69 Å². The fraction of sp³-hybridized carbons (Fsp3) is 0.320. The maximum atomic E-state index is 12.6. The first-order chi connectivity index (χ1) is 17.4. The number of ether oxygens (including phenoxy) is 2. The molecule has 0 bridgehead atoms. The van der Waals surface area contributed by atoms with E-state index in [1.165, 1.54) is 11.8 Å². The van der Waals surface area contributed by atoms with Gasteiger partial charge in [0.05, 0.1) is 31.1 Å². The van der Waals surface area contributed by atoms with Crippen molar-refractivity contribution in [3.05, 3.63) is 65.5 Å². The smallest absolute Gasteiger partial charge is 0.338 e. The van der Waals surface area contributed by atoms with Gasteiger partial charge in [-0.3, -0.25) is 9.59 Å². The van der Waals surface area contributed by atoms with Crippen LogP contribution in [-0.2, 0) is 16.1 Å². The maximum absolute atomic E-state index is 12.6. The standard InChI is InChI=1S/C25H29N5O5S/c1-5-30-22(16(3)26-23(32)17-9-13-20(34-4)14-10-17)28-29-25(30)36-15-21(31)27-19-11-7-18(8-12-19)24(33)35-6-2/h7-14,16H,5-6,15H2,1-4H3,(H,26,32)(H,27,31)/t16-/m0/s1. The molecule has 2 aromatic carbocycles. The first-order valence-electron chi connectivity index (χ1n) is 11.4. The molecule has 0 fully saturated rings. The first-order valence-corrected chi connectivity index (χ1v) is 12.4. The van der Waals surface area contributed by atoms with Gasteiger partial charge in [0.2, 0.25) is 5.91 Å². The Morgan fingerprint density at radius 2 is 1.67 bits per heavy atom. The second-order valence-corrected chi connectivity index (χ2v) is 8.59. The Kier molecular flexibility index (Phi) is 9.46.